The molecule has 0 bridgehead atoms. The largest absolute Gasteiger partial charge is 0.445 e. The summed E-state index contributed by atoms with van der Waals surface area (Å²) in [5.41, 5.74) is 2.20. The van der Waals surface area contributed by atoms with Gasteiger partial charge in [-0.1, -0.05) is 36.4 Å². The van der Waals surface area contributed by atoms with Crippen LogP contribution in [0.5, 0.6) is 0 Å². The molecule has 2 aromatic rings. The molecule has 3 rings (SSSR count). The summed E-state index contributed by atoms with van der Waals surface area (Å²) < 4.78 is 5.37. The summed E-state index contributed by atoms with van der Waals surface area (Å²) in [5, 5.41) is 0. The van der Waals surface area contributed by atoms with E-state index in [0.717, 1.165) is 18.5 Å². The summed E-state index contributed by atoms with van der Waals surface area (Å²) in [4.78, 5) is 18.0. The quantitative estimate of drug-likeness (QED) is 0.868. The van der Waals surface area contributed by atoms with E-state index in [-0.39, 0.29) is 6.09 Å². The molecule has 1 aliphatic heterocycles. The van der Waals surface area contributed by atoms with Crippen LogP contribution in [-0.2, 0) is 11.3 Å². The molecule has 0 saturated carbocycles. The zero-order valence-electron chi connectivity index (χ0n) is 11.8. The minimum Gasteiger partial charge on any atom is -0.445 e. The van der Waals surface area contributed by atoms with Crippen molar-refractivity contribution in [1.82, 2.24) is 9.88 Å². The molecule has 1 aromatic carbocycles. The van der Waals surface area contributed by atoms with E-state index in [1.165, 1.54) is 5.56 Å². The Bertz CT molecular complexity index is 586. The number of nitrogens with zero attached hydrogens (tertiary/aromatic N) is 2. The predicted molar refractivity (Wildman–Crippen MR) is 79.8 cm³/mol. The van der Waals surface area contributed by atoms with Gasteiger partial charge < -0.3 is 9.64 Å². The monoisotopic (exact) mass is 282 g/mol. The van der Waals surface area contributed by atoms with Crippen LogP contribution in [0.15, 0.2) is 54.9 Å². The van der Waals surface area contributed by atoms with Crippen LogP contribution in [0.3, 0.4) is 0 Å². The van der Waals surface area contributed by atoms with Crippen LogP contribution in [0.25, 0.3) is 0 Å². The maximum Gasteiger partial charge on any atom is 0.410 e. The molecule has 2 heterocycles. The lowest BCUT2D eigenvalue weighted by atomic mass is 10.0. The topological polar surface area (TPSA) is 42.4 Å². The third-order valence-electron chi connectivity index (χ3n) is 3.81. The van der Waals surface area contributed by atoms with Crippen LogP contribution in [-0.4, -0.2) is 29.1 Å². The fourth-order valence-electron chi connectivity index (χ4n) is 2.63. The molecule has 1 saturated heterocycles. The van der Waals surface area contributed by atoms with Crippen molar-refractivity contribution < 1.29 is 9.53 Å². The lowest BCUT2D eigenvalue weighted by Crippen LogP contribution is -2.29. The number of carbonyl (C=O) groups is 1. The highest BCUT2D eigenvalue weighted by Gasteiger charge is 2.28. The van der Waals surface area contributed by atoms with Gasteiger partial charge in [-0.15, -0.1) is 0 Å². The van der Waals surface area contributed by atoms with Crippen molar-refractivity contribution in [2.75, 3.05) is 13.1 Å². The second kappa shape index (κ2) is 6.39. The molecule has 1 aliphatic rings. The van der Waals surface area contributed by atoms with Crippen molar-refractivity contribution >= 4 is 6.09 Å². The Balaban J connectivity index is 1.53. The van der Waals surface area contributed by atoms with Gasteiger partial charge in [0.2, 0.25) is 0 Å². The van der Waals surface area contributed by atoms with Gasteiger partial charge in [0.25, 0.3) is 0 Å². The Kier molecular flexibility index (Phi) is 4.15. The molecule has 0 spiro atoms. The van der Waals surface area contributed by atoms with Gasteiger partial charge >= 0.3 is 6.09 Å². The van der Waals surface area contributed by atoms with E-state index < -0.39 is 0 Å². The van der Waals surface area contributed by atoms with E-state index in [4.69, 9.17) is 4.74 Å². The Morgan fingerprint density at radius 3 is 2.86 bits per heavy atom. The number of benzene rings is 1. The molecule has 0 N–H and O–H groups in total. The fraction of sp³-hybridized carbons (Fsp3) is 0.294. The first-order valence-corrected chi connectivity index (χ1v) is 7.18. The lowest BCUT2D eigenvalue weighted by molar-refractivity contribution is 0.104. The van der Waals surface area contributed by atoms with Crippen LogP contribution in [0.2, 0.25) is 0 Å². The highest BCUT2D eigenvalue weighted by molar-refractivity contribution is 5.68. The van der Waals surface area contributed by atoms with Crippen LogP contribution in [0.4, 0.5) is 4.79 Å². The van der Waals surface area contributed by atoms with Crippen LogP contribution >= 0.6 is 0 Å². The minimum atomic E-state index is -0.231. The van der Waals surface area contributed by atoms with E-state index in [1.54, 1.807) is 11.1 Å². The minimum absolute atomic E-state index is 0.231. The zero-order chi connectivity index (χ0) is 14.5. The Hall–Kier alpha value is -2.36. The molecule has 108 valence electrons. The van der Waals surface area contributed by atoms with Gasteiger partial charge in [-0.05, 0) is 23.6 Å². The Labute approximate surface area is 124 Å². The van der Waals surface area contributed by atoms with E-state index in [1.807, 2.05) is 42.6 Å². The summed E-state index contributed by atoms with van der Waals surface area (Å²) in [5.74, 6) is 0.364. The van der Waals surface area contributed by atoms with Crippen molar-refractivity contribution in [2.45, 2.75) is 18.9 Å². The Morgan fingerprint density at radius 1 is 1.24 bits per heavy atom. The number of ether oxygens (including phenoxy) is 1. The molecule has 0 aliphatic carbocycles. The van der Waals surface area contributed by atoms with E-state index in [2.05, 4.69) is 11.1 Å². The number of amides is 1. The molecular weight excluding hydrogens is 264 g/mol. The molecule has 1 unspecified atom stereocenters. The van der Waals surface area contributed by atoms with Gasteiger partial charge in [-0.3, -0.25) is 4.98 Å². The number of hydrogen-bond donors (Lipinski definition) is 0. The maximum atomic E-state index is 12.1. The second-order valence-electron chi connectivity index (χ2n) is 5.26. The molecular formula is C17H18N2O2. The molecule has 4 heteroatoms. The molecule has 1 amide bonds. The number of likely N-dealkylation sites (tertiary alicyclic amines) is 1. The summed E-state index contributed by atoms with van der Waals surface area (Å²) in [6.07, 6.45) is 4.38. The average Bonchev–Trinajstić information content (AvgIpc) is 3.04. The highest BCUT2D eigenvalue weighted by Crippen LogP contribution is 2.26. The van der Waals surface area contributed by atoms with Crippen molar-refractivity contribution in [3.05, 3.63) is 66.0 Å². The first-order valence-electron chi connectivity index (χ1n) is 7.18. The fourth-order valence-corrected chi connectivity index (χ4v) is 2.63. The Morgan fingerprint density at radius 2 is 2.10 bits per heavy atom. The van der Waals surface area contributed by atoms with E-state index >= 15 is 0 Å². The van der Waals surface area contributed by atoms with Gasteiger partial charge in [0.1, 0.15) is 6.61 Å². The normalized spacial score (nSPS) is 17.7. The summed E-state index contributed by atoms with van der Waals surface area (Å²) >= 11 is 0. The van der Waals surface area contributed by atoms with Crippen molar-refractivity contribution in [3.63, 3.8) is 0 Å². The average molecular weight is 282 g/mol. The van der Waals surface area contributed by atoms with Crippen LogP contribution in [0.1, 0.15) is 23.5 Å². The lowest BCUT2D eigenvalue weighted by Gasteiger charge is -2.16. The SMILES string of the molecule is O=C(OCc1ccccc1)N1CCC(c2cccnc2)C1. The summed E-state index contributed by atoms with van der Waals surface area (Å²) in [6, 6.07) is 13.7. The smallest absolute Gasteiger partial charge is 0.410 e. The van der Waals surface area contributed by atoms with Crippen LogP contribution < -0.4 is 0 Å². The zero-order valence-corrected chi connectivity index (χ0v) is 11.8. The number of carbonyl (C=O) groups excluding carboxylic acids is 1. The van der Waals surface area contributed by atoms with Crippen molar-refractivity contribution in [3.8, 4) is 0 Å². The molecule has 1 fully saturated rings. The third kappa shape index (κ3) is 3.40. The standard InChI is InChI=1S/C17H18N2O2/c20-17(21-13-14-5-2-1-3-6-14)19-10-8-16(12-19)15-7-4-9-18-11-15/h1-7,9,11,16H,8,10,12-13H2. The second-order valence-corrected chi connectivity index (χ2v) is 5.26. The number of rotatable bonds is 3. The molecule has 21 heavy (non-hydrogen) atoms. The maximum absolute atomic E-state index is 12.1. The van der Waals surface area contributed by atoms with Gasteiger partial charge in [-0.25, -0.2) is 4.79 Å². The van der Waals surface area contributed by atoms with Gasteiger partial charge in [-0.2, -0.15) is 0 Å². The number of hydrogen-bond acceptors (Lipinski definition) is 3. The van der Waals surface area contributed by atoms with Gasteiger partial charge in [0.15, 0.2) is 0 Å². The molecule has 0 radical (unpaired) electrons. The highest BCUT2D eigenvalue weighted by atomic mass is 16.6. The summed E-state index contributed by atoms with van der Waals surface area (Å²) in [7, 11) is 0. The molecule has 4 nitrogen and oxygen atoms in total. The third-order valence-corrected chi connectivity index (χ3v) is 3.81. The van der Waals surface area contributed by atoms with Crippen molar-refractivity contribution in [1.29, 1.82) is 0 Å². The van der Waals surface area contributed by atoms with Crippen molar-refractivity contribution in [2.24, 2.45) is 0 Å². The van der Waals surface area contributed by atoms with E-state index in [0.29, 0.717) is 19.1 Å². The molecule has 1 atom stereocenters. The van der Waals surface area contributed by atoms with Gasteiger partial charge in [0, 0.05) is 31.4 Å². The first kappa shape index (κ1) is 13.6. The predicted octanol–water partition coefficient (Wildman–Crippen LogP) is 3.21. The summed E-state index contributed by atoms with van der Waals surface area (Å²) in [6.45, 7) is 1.78. The van der Waals surface area contributed by atoms with E-state index in [9.17, 15) is 4.79 Å². The number of aromatic nitrogens is 1. The first-order chi connectivity index (χ1) is 10.3. The molecule has 1 aromatic heterocycles. The van der Waals surface area contributed by atoms with Crippen LogP contribution in [0, 0.1) is 0 Å². The number of pyridine rings is 1. The van der Waals surface area contributed by atoms with Gasteiger partial charge in [0.05, 0.1) is 0 Å².